The lowest BCUT2D eigenvalue weighted by molar-refractivity contribution is 0.303. The Balaban J connectivity index is 1.70. The monoisotopic (exact) mass is 459 g/mol. The second-order valence-corrected chi connectivity index (χ2v) is 8.45. The van der Waals surface area contributed by atoms with Crippen molar-refractivity contribution in [1.29, 1.82) is 0 Å². The molecule has 2 aromatic rings. The van der Waals surface area contributed by atoms with Crippen LogP contribution in [0.25, 0.3) is 0 Å². The van der Waals surface area contributed by atoms with E-state index in [2.05, 4.69) is 36.0 Å². The van der Waals surface area contributed by atoms with Crippen LogP contribution in [0.3, 0.4) is 0 Å². The molecule has 0 aliphatic heterocycles. The molecular weight excluding hydrogens is 434 g/mol. The third-order valence-corrected chi connectivity index (χ3v) is 6.27. The van der Waals surface area contributed by atoms with E-state index in [1.807, 2.05) is 12.1 Å². The Kier molecular flexibility index (Phi) is 8.61. The number of benzene rings is 2. The summed E-state index contributed by atoms with van der Waals surface area (Å²) in [6.45, 7) is 2.22. The minimum atomic E-state index is -1.65. The summed E-state index contributed by atoms with van der Waals surface area (Å²) >= 11 is 4.25. The summed E-state index contributed by atoms with van der Waals surface area (Å²) in [6.07, 6.45) is 10.0. The summed E-state index contributed by atoms with van der Waals surface area (Å²) in [5.41, 5.74) is -0.402. The van der Waals surface area contributed by atoms with E-state index in [-0.39, 0.29) is 0 Å². The van der Waals surface area contributed by atoms with E-state index in [4.69, 9.17) is 0 Å². The number of thiocarbonyl (C=S) groups is 1. The quantitative estimate of drug-likeness (QED) is 0.106. The van der Waals surface area contributed by atoms with Crippen LogP contribution in [0.15, 0.2) is 29.3 Å². The Morgan fingerprint density at radius 3 is 2.06 bits per heavy atom. The lowest BCUT2D eigenvalue weighted by Gasteiger charge is -2.29. The highest BCUT2D eigenvalue weighted by Gasteiger charge is 2.24. The number of isothiocyanates is 1. The molecule has 0 aromatic heterocycles. The van der Waals surface area contributed by atoms with Gasteiger partial charge in [-0.25, -0.2) is 17.6 Å². The second kappa shape index (κ2) is 11.4. The van der Waals surface area contributed by atoms with Gasteiger partial charge in [-0.05, 0) is 67.4 Å². The minimum Gasteiger partial charge on any atom is -0.202 e. The average molecular weight is 460 g/mol. The molecule has 0 atom stereocenters. The average Bonchev–Trinajstić information content (AvgIpc) is 2.82. The second-order valence-electron chi connectivity index (χ2n) is 8.27. The standard InChI is InChI=1S/C26H25F4NS/c1-2-3-4-5-17-6-11-19(12-7-17)20-13-8-18(9-14-20)10-15-21-22(27)24(29)26(31-16-32)25(30)23(21)28/h8-9,13-14,17,19H,2-7,11-12H2,1H3. The van der Waals surface area contributed by atoms with E-state index >= 15 is 0 Å². The van der Waals surface area contributed by atoms with Crippen LogP contribution >= 0.6 is 12.2 Å². The molecule has 6 heteroatoms. The minimum absolute atomic E-state index is 0.502. The highest BCUT2D eigenvalue weighted by atomic mass is 32.1. The lowest BCUT2D eigenvalue weighted by atomic mass is 9.77. The van der Waals surface area contributed by atoms with Crippen LogP contribution in [0.2, 0.25) is 0 Å². The molecule has 168 valence electrons. The van der Waals surface area contributed by atoms with Gasteiger partial charge in [0.1, 0.15) is 5.56 Å². The van der Waals surface area contributed by atoms with Crippen molar-refractivity contribution in [1.82, 2.24) is 0 Å². The van der Waals surface area contributed by atoms with E-state index in [9.17, 15) is 17.6 Å². The molecular formula is C26H25F4NS. The zero-order valence-corrected chi connectivity index (χ0v) is 18.8. The van der Waals surface area contributed by atoms with Gasteiger partial charge >= 0.3 is 0 Å². The van der Waals surface area contributed by atoms with Crippen molar-refractivity contribution in [3.05, 3.63) is 64.2 Å². The van der Waals surface area contributed by atoms with Gasteiger partial charge in [0.05, 0.1) is 5.16 Å². The number of unbranched alkanes of at least 4 members (excludes halogenated alkanes) is 2. The zero-order chi connectivity index (χ0) is 23.1. The molecule has 0 N–H and O–H groups in total. The van der Waals surface area contributed by atoms with Crippen molar-refractivity contribution in [2.24, 2.45) is 10.9 Å². The first-order valence-corrected chi connectivity index (χ1v) is 11.4. The van der Waals surface area contributed by atoms with E-state index in [1.165, 1.54) is 44.1 Å². The molecule has 0 spiro atoms. The van der Waals surface area contributed by atoms with Crippen molar-refractivity contribution in [3.63, 3.8) is 0 Å². The maximum Gasteiger partial charge on any atom is 0.189 e. The first-order chi connectivity index (χ1) is 15.5. The number of nitrogens with zero attached hydrogens (tertiary/aromatic N) is 1. The molecule has 32 heavy (non-hydrogen) atoms. The fourth-order valence-corrected chi connectivity index (χ4v) is 4.41. The number of rotatable bonds is 6. The first-order valence-electron chi connectivity index (χ1n) is 11.0. The SMILES string of the molecule is CCCCCC1CCC(c2ccc(C#Cc3c(F)c(F)c(N=C=S)c(F)c3F)cc2)CC1. The summed E-state index contributed by atoms with van der Waals surface area (Å²) < 4.78 is 56.2. The molecule has 0 bridgehead atoms. The normalized spacial score (nSPS) is 17.9. The zero-order valence-electron chi connectivity index (χ0n) is 18.0. The number of hydrogen-bond acceptors (Lipinski definition) is 2. The number of hydrogen-bond donors (Lipinski definition) is 0. The predicted octanol–water partition coefficient (Wildman–Crippen LogP) is 8.23. The third-order valence-electron chi connectivity index (χ3n) is 6.17. The largest absolute Gasteiger partial charge is 0.202 e. The van der Waals surface area contributed by atoms with Gasteiger partial charge in [-0.15, -0.1) is 0 Å². The smallest absolute Gasteiger partial charge is 0.189 e. The molecule has 1 fully saturated rings. The van der Waals surface area contributed by atoms with Crippen molar-refractivity contribution in [2.45, 2.75) is 64.2 Å². The van der Waals surface area contributed by atoms with Crippen LogP contribution in [0, 0.1) is 41.0 Å². The molecule has 0 radical (unpaired) electrons. The highest BCUT2D eigenvalue weighted by molar-refractivity contribution is 7.78. The Labute approximate surface area is 192 Å². The molecule has 0 unspecified atom stereocenters. The summed E-state index contributed by atoms with van der Waals surface area (Å²) in [6, 6.07) is 7.47. The van der Waals surface area contributed by atoms with Crippen molar-refractivity contribution in [2.75, 3.05) is 0 Å². The Bertz CT molecular complexity index is 1020. The van der Waals surface area contributed by atoms with Gasteiger partial charge in [-0.2, -0.15) is 4.99 Å². The number of aliphatic imine (C=N–C) groups is 1. The Hall–Kier alpha value is -2.48. The summed E-state index contributed by atoms with van der Waals surface area (Å²) in [5.74, 6) is -0.374. The first kappa shape index (κ1) is 24.2. The van der Waals surface area contributed by atoms with Gasteiger partial charge in [0.25, 0.3) is 0 Å². The maximum absolute atomic E-state index is 14.2. The van der Waals surface area contributed by atoms with Crippen LogP contribution in [0.4, 0.5) is 23.2 Å². The fourth-order valence-electron chi connectivity index (χ4n) is 4.31. The van der Waals surface area contributed by atoms with E-state index in [0.717, 1.165) is 18.8 Å². The van der Waals surface area contributed by atoms with Crippen LogP contribution < -0.4 is 0 Å². The molecule has 0 amide bonds. The molecule has 0 heterocycles. The van der Waals surface area contributed by atoms with Crippen molar-refractivity contribution >= 4 is 23.1 Å². The highest BCUT2D eigenvalue weighted by Crippen LogP contribution is 2.37. The third kappa shape index (κ3) is 5.65. The van der Waals surface area contributed by atoms with Crippen LogP contribution in [-0.4, -0.2) is 5.16 Å². The predicted molar refractivity (Wildman–Crippen MR) is 122 cm³/mol. The van der Waals surface area contributed by atoms with Gasteiger partial charge in [-0.3, -0.25) is 0 Å². The van der Waals surface area contributed by atoms with Crippen molar-refractivity contribution < 1.29 is 17.6 Å². The van der Waals surface area contributed by atoms with Gasteiger partial charge in [0.2, 0.25) is 0 Å². The van der Waals surface area contributed by atoms with Crippen LogP contribution in [-0.2, 0) is 0 Å². The summed E-state index contributed by atoms with van der Waals surface area (Å²) in [7, 11) is 0. The van der Waals surface area contributed by atoms with Gasteiger partial charge in [-0.1, -0.05) is 56.6 Å². The molecule has 0 saturated heterocycles. The molecule has 3 rings (SSSR count). The summed E-state index contributed by atoms with van der Waals surface area (Å²) in [5, 5.41) is 1.70. The van der Waals surface area contributed by atoms with Gasteiger partial charge in [0, 0.05) is 5.56 Å². The Morgan fingerprint density at radius 1 is 0.875 bits per heavy atom. The topological polar surface area (TPSA) is 12.4 Å². The lowest BCUT2D eigenvalue weighted by Crippen LogP contribution is -2.13. The van der Waals surface area contributed by atoms with E-state index in [1.54, 1.807) is 17.3 Å². The van der Waals surface area contributed by atoms with E-state index < -0.39 is 34.5 Å². The molecule has 1 aliphatic carbocycles. The maximum atomic E-state index is 14.2. The van der Waals surface area contributed by atoms with Gasteiger partial charge in [0.15, 0.2) is 29.0 Å². The molecule has 1 aliphatic rings. The van der Waals surface area contributed by atoms with Gasteiger partial charge < -0.3 is 0 Å². The fraction of sp³-hybridized carbons (Fsp3) is 0.423. The molecule has 1 saturated carbocycles. The Morgan fingerprint density at radius 2 is 1.50 bits per heavy atom. The van der Waals surface area contributed by atoms with Crippen LogP contribution in [0.5, 0.6) is 0 Å². The number of halogens is 4. The van der Waals surface area contributed by atoms with E-state index in [0.29, 0.717) is 11.5 Å². The van der Waals surface area contributed by atoms with Crippen LogP contribution in [0.1, 0.15) is 80.9 Å². The summed E-state index contributed by atoms with van der Waals surface area (Å²) in [4.78, 5) is 3.05. The molecule has 1 nitrogen and oxygen atoms in total. The van der Waals surface area contributed by atoms with Crippen molar-refractivity contribution in [3.8, 4) is 11.8 Å². The molecule has 2 aromatic carbocycles.